The molecule has 0 saturated carbocycles. The molecule has 0 aliphatic heterocycles. The van der Waals surface area contributed by atoms with Crippen molar-refractivity contribution in [1.29, 1.82) is 0 Å². The molecule has 0 spiro atoms. The van der Waals surface area contributed by atoms with Crippen LogP contribution in [0.4, 0.5) is 0 Å². The summed E-state index contributed by atoms with van der Waals surface area (Å²) in [5, 5.41) is 3.17. The maximum atomic E-state index is 12.3. The summed E-state index contributed by atoms with van der Waals surface area (Å²) in [6.45, 7) is 9.14. The van der Waals surface area contributed by atoms with Gasteiger partial charge in [-0.3, -0.25) is 4.79 Å². The topological polar surface area (TPSA) is 59.8 Å². The molecule has 2 rings (SSSR count). The maximum absolute atomic E-state index is 12.3. The molecule has 0 radical (unpaired) electrons. The summed E-state index contributed by atoms with van der Waals surface area (Å²) in [4.78, 5) is 21.8. The summed E-state index contributed by atoms with van der Waals surface area (Å²) < 4.78 is 2.00. The quantitative estimate of drug-likeness (QED) is 0.890. The van der Waals surface area contributed by atoms with E-state index in [-0.39, 0.29) is 17.4 Å². The molecule has 1 unspecified atom stereocenters. The van der Waals surface area contributed by atoms with Crippen molar-refractivity contribution in [3.63, 3.8) is 0 Å². The number of nitrogens with one attached hydrogen (secondary N) is 1. The van der Waals surface area contributed by atoms with Gasteiger partial charge in [-0.15, -0.1) is 11.3 Å². The summed E-state index contributed by atoms with van der Waals surface area (Å²) in [6, 6.07) is 0.0664. The number of amides is 1. The number of hydrogen-bond donors (Lipinski definition) is 1. The SMILES string of the molecule is Cc1ncsc1CCC(=O)NC(Cn1ccnc1)C(C)(C)C. The fraction of sp³-hybridized carbons (Fsp3) is 0.562. The summed E-state index contributed by atoms with van der Waals surface area (Å²) in [5.41, 5.74) is 2.85. The molecule has 1 amide bonds. The minimum absolute atomic E-state index is 0.0136. The van der Waals surface area contributed by atoms with Crippen LogP contribution in [-0.2, 0) is 17.8 Å². The molecule has 0 saturated heterocycles. The number of nitrogens with zero attached hydrogens (tertiary/aromatic N) is 3. The number of aromatic nitrogens is 3. The Hall–Kier alpha value is -1.69. The first kappa shape index (κ1) is 16.7. The largest absolute Gasteiger partial charge is 0.351 e. The lowest BCUT2D eigenvalue weighted by Crippen LogP contribution is -2.46. The molecule has 0 bridgehead atoms. The van der Waals surface area contributed by atoms with Gasteiger partial charge >= 0.3 is 0 Å². The zero-order valence-electron chi connectivity index (χ0n) is 13.7. The van der Waals surface area contributed by atoms with Gasteiger partial charge in [-0.25, -0.2) is 9.97 Å². The number of thiazole rings is 1. The van der Waals surface area contributed by atoms with Crippen molar-refractivity contribution in [3.05, 3.63) is 34.8 Å². The molecular formula is C16H24N4OS. The van der Waals surface area contributed by atoms with Crippen LogP contribution in [0.1, 0.15) is 37.8 Å². The van der Waals surface area contributed by atoms with Crippen LogP contribution >= 0.6 is 11.3 Å². The fourth-order valence-corrected chi connectivity index (χ4v) is 2.98. The Labute approximate surface area is 135 Å². The van der Waals surface area contributed by atoms with Crippen molar-refractivity contribution < 1.29 is 4.79 Å². The highest BCUT2D eigenvalue weighted by atomic mass is 32.1. The normalized spacial score (nSPS) is 13.1. The molecule has 2 heterocycles. The Morgan fingerprint density at radius 2 is 2.23 bits per heavy atom. The van der Waals surface area contributed by atoms with E-state index in [9.17, 15) is 4.79 Å². The summed E-state index contributed by atoms with van der Waals surface area (Å²) in [5.74, 6) is 0.0906. The highest BCUT2D eigenvalue weighted by Crippen LogP contribution is 2.21. The van der Waals surface area contributed by atoms with E-state index in [0.29, 0.717) is 6.42 Å². The second-order valence-corrected chi connectivity index (χ2v) is 7.55. The van der Waals surface area contributed by atoms with Crippen LogP contribution in [0.25, 0.3) is 0 Å². The van der Waals surface area contributed by atoms with Crippen LogP contribution in [0.2, 0.25) is 0 Å². The molecule has 6 heteroatoms. The van der Waals surface area contributed by atoms with Crippen LogP contribution in [-0.4, -0.2) is 26.5 Å². The van der Waals surface area contributed by atoms with E-state index < -0.39 is 0 Å². The Morgan fingerprint density at radius 3 is 2.77 bits per heavy atom. The highest BCUT2D eigenvalue weighted by Gasteiger charge is 2.26. The third kappa shape index (κ3) is 4.66. The molecule has 0 aliphatic carbocycles. The molecular weight excluding hydrogens is 296 g/mol. The van der Waals surface area contributed by atoms with E-state index >= 15 is 0 Å². The first-order valence-corrected chi connectivity index (χ1v) is 8.38. The third-order valence-corrected chi connectivity index (χ3v) is 4.75. The van der Waals surface area contributed by atoms with Gasteiger partial charge in [0.25, 0.3) is 0 Å². The Morgan fingerprint density at radius 1 is 1.45 bits per heavy atom. The van der Waals surface area contributed by atoms with E-state index in [2.05, 4.69) is 36.1 Å². The van der Waals surface area contributed by atoms with Gasteiger partial charge in [0, 0.05) is 30.2 Å². The number of aryl methyl sites for hydroxylation is 2. The summed E-state index contributed by atoms with van der Waals surface area (Å²) in [7, 11) is 0. The molecule has 2 aromatic rings. The Balaban J connectivity index is 1.92. The number of carbonyl (C=O) groups excluding carboxylic acids is 1. The molecule has 0 fully saturated rings. The second-order valence-electron chi connectivity index (χ2n) is 6.61. The van der Waals surface area contributed by atoms with E-state index in [1.54, 1.807) is 23.9 Å². The lowest BCUT2D eigenvalue weighted by atomic mass is 9.86. The van der Waals surface area contributed by atoms with Gasteiger partial charge in [-0.1, -0.05) is 20.8 Å². The van der Waals surface area contributed by atoms with Gasteiger partial charge in [0.2, 0.25) is 5.91 Å². The minimum Gasteiger partial charge on any atom is -0.351 e. The van der Waals surface area contributed by atoms with Crippen molar-refractivity contribution in [2.45, 2.75) is 53.1 Å². The minimum atomic E-state index is -0.0136. The van der Waals surface area contributed by atoms with Gasteiger partial charge in [-0.2, -0.15) is 0 Å². The predicted octanol–water partition coefficient (Wildman–Crippen LogP) is 2.81. The Bertz CT molecular complexity index is 598. The number of imidazole rings is 1. The van der Waals surface area contributed by atoms with Crippen LogP contribution < -0.4 is 5.32 Å². The molecule has 0 aromatic carbocycles. The Kier molecular flexibility index (Phi) is 5.34. The number of rotatable bonds is 6. The third-order valence-electron chi connectivity index (χ3n) is 3.76. The fourth-order valence-electron chi connectivity index (χ4n) is 2.20. The average Bonchev–Trinajstić information content (AvgIpc) is 3.06. The predicted molar refractivity (Wildman–Crippen MR) is 88.8 cm³/mol. The lowest BCUT2D eigenvalue weighted by molar-refractivity contribution is -0.122. The summed E-state index contributed by atoms with van der Waals surface area (Å²) in [6.07, 6.45) is 6.72. The van der Waals surface area contributed by atoms with Gasteiger partial charge in [0.1, 0.15) is 0 Å². The monoisotopic (exact) mass is 320 g/mol. The van der Waals surface area contributed by atoms with Crippen molar-refractivity contribution in [1.82, 2.24) is 19.9 Å². The van der Waals surface area contributed by atoms with Crippen molar-refractivity contribution in [3.8, 4) is 0 Å². The number of carbonyl (C=O) groups is 1. The van der Waals surface area contributed by atoms with Crippen molar-refractivity contribution in [2.24, 2.45) is 5.41 Å². The lowest BCUT2D eigenvalue weighted by Gasteiger charge is -2.31. The van der Waals surface area contributed by atoms with E-state index in [0.717, 1.165) is 18.7 Å². The average molecular weight is 320 g/mol. The second kappa shape index (κ2) is 7.05. The smallest absolute Gasteiger partial charge is 0.220 e. The molecule has 22 heavy (non-hydrogen) atoms. The van der Waals surface area contributed by atoms with Crippen LogP contribution in [0.3, 0.4) is 0 Å². The van der Waals surface area contributed by atoms with E-state index in [1.807, 2.05) is 23.2 Å². The van der Waals surface area contributed by atoms with E-state index in [1.165, 1.54) is 4.88 Å². The first-order valence-electron chi connectivity index (χ1n) is 7.50. The zero-order valence-corrected chi connectivity index (χ0v) is 14.5. The maximum Gasteiger partial charge on any atom is 0.220 e. The molecule has 1 N–H and O–H groups in total. The van der Waals surface area contributed by atoms with Crippen LogP contribution in [0.5, 0.6) is 0 Å². The zero-order chi connectivity index (χ0) is 16.2. The van der Waals surface area contributed by atoms with Gasteiger partial charge < -0.3 is 9.88 Å². The number of hydrogen-bond acceptors (Lipinski definition) is 4. The van der Waals surface area contributed by atoms with Crippen molar-refractivity contribution >= 4 is 17.2 Å². The molecule has 5 nitrogen and oxygen atoms in total. The summed E-state index contributed by atoms with van der Waals surface area (Å²) >= 11 is 1.62. The van der Waals surface area contributed by atoms with Gasteiger partial charge in [0.15, 0.2) is 0 Å². The van der Waals surface area contributed by atoms with E-state index in [4.69, 9.17) is 0 Å². The molecule has 0 aliphatic rings. The standard InChI is InChI=1S/C16H24N4OS/c1-12-13(22-11-18-12)5-6-15(21)19-14(16(2,3)4)9-20-8-7-17-10-20/h7-8,10-11,14H,5-6,9H2,1-4H3,(H,19,21). The van der Waals surface area contributed by atoms with Crippen molar-refractivity contribution in [2.75, 3.05) is 0 Å². The molecule has 1 atom stereocenters. The molecule has 120 valence electrons. The molecule has 2 aromatic heterocycles. The van der Waals surface area contributed by atoms with Gasteiger partial charge in [0.05, 0.1) is 23.6 Å². The van der Waals surface area contributed by atoms with Crippen LogP contribution in [0.15, 0.2) is 24.2 Å². The highest BCUT2D eigenvalue weighted by molar-refractivity contribution is 7.09. The van der Waals surface area contributed by atoms with Gasteiger partial charge in [-0.05, 0) is 18.8 Å². The van der Waals surface area contributed by atoms with Crippen LogP contribution in [0, 0.1) is 12.3 Å². The first-order chi connectivity index (χ1) is 10.4.